The fourth-order valence-corrected chi connectivity index (χ4v) is 2.12. The molecule has 0 amide bonds. The molecule has 3 nitrogen and oxygen atoms in total. The number of halogens is 1. The first-order valence-electron chi connectivity index (χ1n) is 6.10. The second-order valence-electron chi connectivity index (χ2n) is 4.33. The highest BCUT2D eigenvalue weighted by Gasteiger charge is 2.09. The summed E-state index contributed by atoms with van der Waals surface area (Å²) in [5.41, 5.74) is 2.40. The number of nitrogens with zero attached hydrogens (tertiary/aromatic N) is 1. The Hall–Kier alpha value is -2.18. The average Bonchev–Trinajstić information content (AvgIpc) is 2.45. The van der Waals surface area contributed by atoms with Crippen molar-refractivity contribution in [3.05, 3.63) is 58.1 Å². The Labute approximate surface area is 123 Å². The summed E-state index contributed by atoms with van der Waals surface area (Å²) < 4.78 is 11.0. The van der Waals surface area contributed by atoms with E-state index in [-0.39, 0.29) is 0 Å². The van der Waals surface area contributed by atoms with Crippen LogP contribution in [0.15, 0.2) is 36.4 Å². The second kappa shape index (κ2) is 6.31. The first-order valence-corrected chi connectivity index (χ1v) is 6.48. The monoisotopic (exact) mass is 287 g/mol. The molecule has 4 heteroatoms. The van der Waals surface area contributed by atoms with Gasteiger partial charge in [-0.3, -0.25) is 0 Å². The van der Waals surface area contributed by atoms with Crippen molar-refractivity contribution in [3.63, 3.8) is 0 Å². The molecule has 0 atom stereocenters. The van der Waals surface area contributed by atoms with Gasteiger partial charge >= 0.3 is 0 Å². The first-order chi connectivity index (χ1) is 9.65. The lowest BCUT2D eigenvalue weighted by atomic mass is 10.1. The molecule has 0 saturated heterocycles. The number of methoxy groups -OCH3 is 1. The molecule has 2 aromatic rings. The quantitative estimate of drug-likeness (QED) is 0.850. The smallest absolute Gasteiger partial charge is 0.139 e. The number of aryl methyl sites for hydroxylation is 1. The van der Waals surface area contributed by atoms with E-state index in [1.54, 1.807) is 25.3 Å². The lowest BCUT2D eigenvalue weighted by molar-refractivity contribution is 0.296. The van der Waals surface area contributed by atoms with Crippen LogP contribution in [0.25, 0.3) is 0 Å². The zero-order valence-electron chi connectivity index (χ0n) is 11.3. The van der Waals surface area contributed by atoms with E-state index < -0.39 is 0 Å². The predicted octanol–water partition coefficient (Wildman–Crippen LogP) is 4.11. The standard InChI is InChI=1S/C16H14ClNO2/c1-11-6-7-15(19-2)12(8-11)10-20-16-5-3-4-14(17)13(16)9-18/h3-8H,10H2,1-2H3. The number of hydrogen-bond acceptors (Lipinski definition) is 3. The summed E-state index contributed by atoms with van der Waals surface area (Å²) in [6.45, 7) is 2.32. The van der Waals surface area contributed by atoms with E-state index in [2.05, 4.69) is 6.07 Å². The van der Waals surface area contributed by atoms with Crippen molar-refractivity contribution in [1.29, 1.82) is 5.26 Å². The van der Waals surface area contributed by atoms with Crippen molar-refractivity contribution in [2.24, 2.45) is 0 Å². The van der Waals surface area contributed by atoms with Crippen LogP contribution in [0.3, 0.4) is 0 Å². The van der Waals surface area contributed by atoms with Crippen LogP contribution in [-0.2, 0) is 6.61 Å². The first kappa shape index (κ1) is 14.2. The Morgan fingerprint density at radius 2 is 2.00 bits per heavy atom. The third kappa shape index (κ3) is 3.04. The molecular weight excluding hydrogens is 274 g/mol. The Balaban J connectivity index is 2.24. The lowest BCUT2D eigenvalue weighted by Crippen LogP contribution is -2.00. The Morgan fingerprint density at radius 1 is 1.20 bits per heavy atom. The SMILES string of the molecule is COc1ccc(C)cc1COc1cccc(Cl)c1C#N. The van der Waals surface area contributed by atoms with E-state index in [4.69, 9.17) is 26.3 Å². The van der Waals surface area contributed by atoms with Crippen molar-refractivity contribution >= 4 is 11.6 Å². The largest absolute Gasteiger partial charge is 0.496 e. The van der Waals surface area contributed by atoms with Gasteiger partial charge in [-0.15, -0.1) is 0 Å². The van der Waals surface area contributed by atoms with Gasteiger partial charge in [-0.1, -0.05) is 29.3 Å². The molecule has 0 radical (unpaired) electrons. The highest BCUT2D eigenvalue weighted by atomic mass is 35.5. The minimum Gasteiger partial charge on any atom is -0.496 e. The summed E-state index contributed by atoms with van der Waals surface area (Å²) in [7, 11) is 1.62. The molecule has 0 bridgehead atoms. The van der Waals surface area contributed by atoms with Crippen LogP contribution in [-0.4, -0.2) is 7.11 Å². The van der Waals surface area contributed by atoms with Crippen LogP contribution in [0.2, 0.25) is 5.02 Å². The van der Waals surface area contributed by atoms with Crippen LogP contribution < -0.4 is 9.47 Å². The molecule has 102 valence electrons. The molecule has 0 heterocycles. The molecule has 0 fully saturated rings. The van der Waals surface area contributed by atoms with Crippen LogP contribution >= 0.6 is 11.6 Å². The maximum absolute atomic E-state index is 9.10. The lowest BCUT2D eigenvalue weighted by Gasteiger charge is -2.12. The Morgan fingerprint density at radius 3 is 2.70 bits per heavy atom. The molecule has 0 N–H and O–H groups in total. The third-order valence-corrected chi connectivity index (χ3v) is 3.22. The second-order valence-corrected chi connectivity index (χ2v) is 4.74. The molecule has 0 aliphatic rings. The Kier molecular flexibility index (Phi) is 4.49. The van der Waals surface area contributed by atoms with Crippen molar-refractivity contribution < 1.29 is 9.47 Å². The number of nitriles is 1. The van der Waals surface area contributed by atoms with Crippen molar-refractivity contribution in [3.8, 4) is 17.6 Å². The van der Waals surface area contributed by atoms with Crippen molar-refractivity contribution in [2.45, 2.75) is 13.5 Å². The van der Waals surface area contributed by atoms with Crippen molar-refractivity contribution in [1.82, 2.24) is 0 Å². The predicted molar refractivity (Wildman–Crippen MR) is 78.2 cm³/mol. The summed E-state index contributed by atoms with van der Waals surface area (Å²) in [4.78, 5) is 0. The van der Waals surface area contributed by atoms with E-state index >= 15 is 0 Å². The average molecular weight is 288 g/mol. The molecule has 0 saturated carbocycles. The zero-order valence-corrected chi connectivity index (χ0v) is 12.1. The van der Waals surface area contributed by atoms with Gasteiger partial charge in [0.05, 0.1) is 12.1 Å². The number of hydrogen-bond donors (Lipinski definition) is 0. The topological polar surface area (TPSA) is 42.2 Å². The molecule has 0 unspecified atom stereocenters. The highest BCUT2D eigenvalue weighted by molar-refractivity contribution is 6.31. The molecule has 0 spiro atoms. The maximum atomic E-state index is 9.10. The molecule has 0 aromatic heterocycles. The number of benzene rings is 2. The van der Waals surface area contributed by atoms with Crippen molar-refractivity contribution in [2.75, 3.05) is 7.11 Å². The van der Waals surface area contributed by atoms with Gasteiger partial charge in [0, 0.05) is 5.56 Å². The summed E-state index contributed by atoms with van der Waals surface area (Å²) in [6, 6.07) is 13.1. The normalized spacial score (nSPS) is 9.90. The summed E-state index contributed by atoms with van der Waals surface area (Å²) >= 11 is 5.97. The van der Waals surface area contributed by atoms with Gasteiger partial charge in [-0.25, -0.2) is 0 Å². The van der Waals surface area contributed by atoms with E-state index in [9.17, 15) is 0 Å². The third-order valence-electron chi connectivity index (χ3n) is 2.91. The minimum atomic E-state index is 0.319. The highest BCUT2D eigenvalue weighted by Crippen LogP contribution is 2.27. The molecular formula is C16H14ClNO2. The summed E-state index contributed by atoms with van der Waals surface area (Å²) in [5, 5.41) is 9.49. The van der Waals surface area contributed by atoms with E-state index in [1.165, 1.54) is 0 Å². The van der Waals surface area contributed by atoms with Crippen LogP contribution in [0.5, 0.6) is 11.5 Å². The zero-order chi connectivity index (χ0) is 14.5. The molecule has 0 aliphatic heterocycles. The van der Waals surface area contributed by atoms with Gasteiger partial charge in [0.2, 0.25) is 0 Å². The van der Waals surface area contributed by atoms with Crippen LogP contribution in [0, 0.1) is 18.3 Å². The summed E-state index contributed by atoms with van der Waals surface area (Å²) in [6.07, 6.45) is 0. The minimum absolute atomic E-state index is 0.319. The van der Waals surface area contributed by atoms with Crippen LogP contribution in [0.1, 0.15) is 16.7 Å². The number of rotatable bonds is 4. The van der Waals surface area contributed by atoms with E-state index in [1.807, 2.05) is 25.1 Å². The van der Waals surface area contributed by atoms with Gasteiger partial charge in [-0.05, 0) is 31.2 Å². The molecule has 2 rings (SSSR count). The van der Waals surface area contributed by atoms with Gasteiger partial charge in [0.25, 0.3) is 0 Å². The van der Waals surface area contributed by atoms with E-state index in [0.29, 0.717) is 22.9 Å². The number of ether oxygens (including phenoxy) is 2. The van der Waals surface area contributed by atoms with Gasteiger partial charge in [-0.2, -0.15) is 5.26 Å². The maximum Gasteiger partial charge on any atom is 0.139 e. The van der Waals surface area contributed by atoms with Gasteiger partial charge in [0.1, 0.15) is 29.7 Å². The molecule has 20 heavy (non-hydrogen) atoms. The summed E-state index contributed by atoms with van der Waals surface area (Å²) in [5.74, 6) is 1.24. The van der Waals surface area contributed by atoms with Crippen LogP contribution in [0.4, 0.5) is 0 Å². The van der Waals surface area contributed by atoms with Gasteiger partial charge in [0.15, 0.2) is 0 Å². The fraction of sp³-hybridized carbons (Fsp3) is 0.188. The van der Waals surface area contributed by atoms with E-state index in [0.717, 1.165) is 16.9 Å². The Bertz CT molecular complexity index is 662. The fourth-order valence-electron chi connectivity index (χ4n) is 1.91. The molecule has 0 aliphatic carbocycles. The molecule has 2 aromatic carbocycles. The van der Waals surface area contributed by atoms with Gasteiger partial charge < -0.3 is 9.47 Å².